The van der Waals surface area contributed by atoms with Crippen LogP contribution >= 0.6 is 0 Å². The predicted molar refractivity (Wildman–Crippen MR) is 195 cm³/mol. The van der Waals surface area contributed by atoms with Crippen LogP contribution in [0.2, 0.25) is 0 Å². The number of hydrogen-bond donors (Lipinski definition) is 2. The molecule has 2 N–H and O–H groups in total. The third kappa shape index (κ3) is 7.27. The van der Waals surface area contributed by atoms with E-state index in [2.05, 4.69) is 24.4 Å². The van der Waals surface area contributed by atoms with Crippen molar-refractivity contribution in [2.75, 3.05) is 25.1 Å². The van der Waals surface area contributed by atoms with E-state index in [1.165, 1.54) is 5.56 Å². The number of anilines is 1. The highest BCUT2D eigenvalue weighted by molar-refractivity contribution is 6.08. The smallest absolute Gasteiger partial charge is 0.259 e. The molecule has 0 radical (unpaired) electrons. The van der Waals surface area contributed by atoms with Gasteiger partial charge in [0, 0.05) is 61.4 Å². The predicted octanol–water partition coefficient (Wildman–Crippen LogP) is 6.31. The second-order valence-electron chi connectivity index (χ2n) is 12.8. The van der Waals surface area contributed by atoms with E-state index in [0.29, 0.717) is 47.6 Å². The number of aromatic nitrogens is 1. The van der Waals surface area contributed by atoms with E-state index in [-0.39, 0.29) is 36.1 Å². The van der Waals surface area contributed by atoms with Crippen molar-refractivity contribution in [3.05, 3.63) is 137 Å². The molecule has 9 nitrogen and oxygen atoms in total. The first-order chi connectivity index (χ1) is 24.1. The topological polar surface area (TPSA) is 104 Å². The third-order valence-electron chi connectivity index (χ3n) is 9.51. The van der Waals surface area contributed by atoms with Gasteiger partial charge in [-0.2, -0.15) is 0 Å². The Morgan fingerprint density at radius 1 is 0.900 bits per heavy atom. The molecule has 1 atom stereocenters. The molecule has 2 heterocycles. The van der Waals surface area contributed by atoms with E-state index in [4.69, 9.17) is 4.74 Å². The minimum absolute atomic E-state index is 0.00416. The number of amides is 3. The second-order valence-corrected chi connectivity index (χ2v) is 12.8. The van der Waals surface area contributed by atoms with Gasteiger partial charge in [0.1, 0.15) is 11.5 Å². The van der Waals surface area contributed by atoms with Crippen molar-refractivity contribution < 1.29 is 24.2 Å². The molecule has 1 aliphatic rings. The van der Waals surface area contributed by atoms with Gasteiger partial charge in [-0.15, -0.1) is 0 Å². The number of rotatable bonds is 10. The van der Waals surface area contributed by atoms with E-state index in [0.717, 1.165) is 28.9 Å². The maximum absolute atomic E-state index is 14.4. The number of carbonyl (C=O) groups is 3. The summed E-state index contributed by atoms with van der Waals surface area (Å²) in [6.45, 7) is 4.79. The van der Waals surface area contributed by atoms with Crippen molar-refractivity contribution in [3.8, 4) is 22.8 Å². The van der Waals surface area contributed by atoms with Crippen LogP contribution in [0.3, 0.4) is 0 Å². The molecule has 50 heavy (non-hydrogen) atoms. The molecule has 0 saturated carbocycles. The quantitative estimate of drug-likeness (QED) is 0.181. The number of nitrogens with one attached hydrogen (secondary N) is 1. The van der Waals surface area contributed by atoms with Gasteiger partial charge in [0.25, 0.3) is 17.7 Å². The maximum atomic E-state index is 14.4. The number of ether oxygens (including phenoxy) is 1. The minimum atomic E-state index is -0.223. The average molecular weight is 671 g/mol. The van der Waals surface area contributed by atoms with E-state index >= 15 is 0 Å². The molecule has 0 bridgehead atoms. The number of phenols is 1. The van der Waals surface area contributed by atoms with Gasteiger partial charge in [-0.25, -0.2) is 0 Å². The molecule has 1 aromatic heterocycles. The highest BCUT2D eigenvalue weighted by Crippen LogP contribution is 2.33. The summed E-state index contributed by atoms with van der Waals surface area (Å²) in [5.74, 6) is 0.244. The zero-order valence-electron chi connectivity index (χ0n) is 28.8. The highest BCUT2D eigenvalue weighted by Gasteiger charge is 2.30. The van der Waals surface area contributed by atoms with Crippen LogP contribution in [0.15, 0.2) is 103 Å². The Bertz CT molecular complexity index is 2020. The molecule has 0 fully saturated rings. The van der Waals surface area contributed by atoms with Crippen LogP contribution < -0.4 is 15.0 Å². The zero-order valence-corrected chi connectivity index (χ0v) is 28.8. The van der Waals surface area contributed by atoms with E-state index in [9.17, 15) is 19.5 Å². The van der Waals surface area contributed by atoms with Crippen LogP contribution in [-0.4, -0.2) is 58.5 Å². The Balaban J connectivity index is 1.29. The summed E-state index contributed by atoms with van der Waals surface area (Å²) in [7, 11) is 3.60. The summed E-state index contributed by atoms with van der Waals surface area (Å²) >= 11 is 0. The molecular formula is C41H42N4O5. The molecule has 9 heteroatoms. The fourth-order valence-corrected chi connectivity index (χ4v) is 6.46. The molecule has 5 aromatic rings. The summed E-state index contributed by atoms with van der Waals surface area (Å²) in [6.07, 6.45) is 1.30. The lowest BCUT2D eigenvalue weighted by atomic mass is 9.92. The first-order valence-electron chi connectivity index (χ1n) is 16.8. The fourth-order valence-electron chi connectivity index (χ4n) is 6.46. The average Bonchev–Trinajstić information content (AvgIpc) is 3.43. The fraction of sp³-hybridized carbons (Fsp3) is 0.244. The Hall–Kier alpha value is -5.83. The normalized spacial score (nSPS) is 13.8. The van der Waals surface area contributed by atoms with Gasteiger partial charge in [0.05, 0.1) is 5.56 Å². The SMILES string of the molecule is Cc1c(C(=O)N(C)c2ccc(O)cc2)cc(-c2cc(CCNC(=O)COc3ccccc3)ccc2C(=O)N2Cc3ccccc3C[C@H]2C)n1C. The number of carbonyl (C=O) groups excluding carboxylic acids is 3. The summed E-state index contributed by atoms with van der Waals surface area (Å²) in [5.41, 5.74) is 7.25. The molecule has 0 unspecified atom stereocenters. The number of para-hydroxylation sites is 1. The third-order valence-corrected chi connectivity index (χ3v) is 9.51. The number of phenolic OH excluding ortho intramolecular Hbond substituents is 1. The molecule has 4 aromatic carbocycles. The number of benzene rings is 4. The number of hydrogen-bond acceptors (Lipinski definition) is 5. The number of fused-ring (bicyclic) bond motifs is 1. The standard InChI is InChI=1S/C41H42N4O5/c1-27-22-30-10-8-9-11-31(30)25-45(27)41(49)35-19-14-29(20-21-42-39(47)26-50-34-12-6-5-7-13-34)23-37(35)38-24-36(28(2)43(38)3)40(48)44(4)32-15-17-33(46)18-16-32/h5-19,23-24,27,46H,20-22,25-26H2,1-4H3,(H,42,47)/t27-/m1/s1. The van der Waals surface area contributed by atoms with Crippen LogP contribution in [-0.2, 0) is 31.2 Å². The lowest BCUT2D eigenvalue weighted by Crippen LogP contribution is -2.42. The molecule has 256 valence electrons. The van der Waals surface area contributed by atoms with Crippen LogP contribution in [0.4, 0.5) is 5.69 Å². The van der Waals surface area contributed by atoms with Crippen molar-refractivity contribution in [1.29, 1.82) is 0 Å². The first-order valence-corrected chi connectivity index (χ1v) is 16.8. The monoisotopic (exact) mass is 670 g/mol. The van der Waals surface area contributed by atoms with Gasteiger partial charge in [-0.05, 0) is 98.0 Å². The van der Waals surface area contributed by atoms with Crippen molar-refractivity contribution >= 4 is 23.4 Å². The van der Waals surface area contributed by atoms with E-state index in [1.54, 1.807) is 48.3 Å². The molecular weight excluding hydrogens is 628 g/mol. The summed E-state index contributed by atoms with van der Waals surface area (Å²) in [6, 6.07) is 31.6. The summed E-state index contributed by atoms with van der Waals surface area (Å²) in [4.78, 5) is 44.2. The molecule has 3 amide bonds. The van der Waals surface area contributed by atoms with Crippen molar-refractivity contribution in [2.45, 2.75) is 39.3 Å². The van der Waals surface area contributed by atoms with Gasteiger partial charge in [0.15, 0.2) is 6.61 Å². The largest absolute Gasteiger partial charge is 0.508 e. The highest BCUT2D eigenvalue weighted by atomic mass is 16.5. The van der Waals surface area contributed by atoms with Crippen LogP contribution in [0.5, 0.6) is 11.5 Å². The van der Waals surface area contributed by atoms with Crippen molar-refractivity contribution in [2.24, 2.45) is 7.05 Å². The number of nitrogens with zero attached hydrogens (tertiary/aromatic N) is 3. The van der Waals surface area contributed by atoms with Gasteiger partial charge in [-0.3, -0.25) is 14.4 Å². The lowest BCUT2D eigenvalue weighted by Gasteiger charge is -2.35. The van der Waals surface area contributed by atoms with Crippen molar-refractivity contribution in [1.82, 2.24) is 14.8 Å². The molecule has 0 aliphatic carbocycles. The second kappa shape index (κ2) is 14.7. The Morgan fingerprint density at radius 2 is 1.60 bits per heavy atom. The lowest BCUT2D eigenvalue weighted by molar-refractivity contribution is -0.123. The summed E-state index contributed by atoms with van der Waals surface area (Å²) in [5, 5.41) is 12.7. The van der Waals surface area contributed by atoms with Crippen LogP contribution in [0.1, 0.15) is 50.0 Å². The molecule has 0 saturated heterocycles. The minimum Gasteiger partial charge on any atom is -0.508 e. The molecule has 0 spiro atoms. The van der Waals surface area contributed by atoms with Crippen molar-refractivity contribution in [3.63, 3.8) is 0 Å². The Morgan fingerprint density at radius 3 is 2.34 bits per heavy atom. The molecule has 1 aliphatic heterocycles. The van der Waals surface area contributed by atoms with Gasteiger partial charge < -0.3 is 29.5 Å². The van der Waals surface area contributed by atoms with E-state index in [1.807, 2.05) is 78.0 Å². The molecule has 6 rings (SSSR count). The van der Waals surface area contributed by atoms with Gasteiger partial charge in [-0.1, -0.05) is 48.5 Å². The van der Waals surface area contributed by atoms with E-state index < -0.39 is 0 Å². The Kier molecular flexibility index (Phi) is 10.0. The Labute approximate surface area is 292 Å². The van der Waals surface area contributed by atoms with Crippen LogP contribution in [0, 0.1) is 6.92 Å². The number of aromatic hydroxyl groups is 1. The van der Waals surface area contributed by atoms with Gasteiger partial charge in [0.2, 0.25) is 0 Å². The van der Waals surface area contributed by atoms with Crippen LogP contribution in [0.25, 0.3) is 11.3 Å². The zero-order chi connectivity index (χ0) is 35.4. The van der Waals surface area contributed by atoms with Gasteiger partial charge >= 0.3 is 0 Å². The summed E-state index contributed by atoms with van der Waals surface area (Å²) < 4.78 is 7.52. The maximum Gasteiger partial charge on any atom is 0.259 e. The first kappa shape index (κ1) is 34.0.